The molecule has 0 amide bonds. The summed E-state index contributed by atoms with van der Waals surface area (Å²) in [7, 11) is 0. The van der Waals surface area contributed by atoms with Crippen molar-refractivity contribution < 1.29 is 8.78 Å². The van der Waals surface area contributed by atoms with Gasteiger partial charge in [-0.2, -0.15) is 0 Å². The van der Waals surface area contributed by atoms with E-state index >= 15 is 0 Å². The Hall–Kier alpha value is -1.68. The summed E-state index contributed by atoms with van der Waals surface area (Å²) in [4.78, 5) is 4.03. The van der Waals surface area contributed by atoms with Crippen molar-refractivity contribution in [3.8, 4) is 0 Å². The summed E-state index contributed by atoms with van der Waals surface area (Å²) in [6.45, 7) is 2.29. The molecule has 0 atom stereocenters. The van der Waals surface area contributed by atoms with E-state index in [9.17, 15) is 8.78 Å². The molecule has 18 heavy (non-hydrogen) atoms. The molecule has 0 unspecified atom stereocenters. The van der Waals surface area contributed by atoms with E-state index in [2.05, 4.69) is 10.3 Å². The van der Waals surface area contributed by atoms with Crippen LogP contribution in [0.1, 0.15) is 11.1 Å². The lowest BCUT2D eigenvalue weighted by atomic mass is 10.2. The Balaban J connectivity index is 2.16. The van der Waals surface area contributed by atoms with Crippen molar-refractivity contribution in [2.24, 2.45) is 0 Å². The smallest absolute Gasteiger partial charge is 0.150 e. The van der Waals surface area contributed by atoms with Gasteiger partial charge < -0.3 is 5.32 Å². The molecule has 5 heteroatoms. The van der Waals surface area contributed by atoms with Crippen LogP contribution < -0.4 is 5.32 Å². The largest absolute Gasteiger partial charge is 0.377 e. The first kappa shape index (κ1) is 12.8. The third kappa shape index (κ3) is 2.96. The summed E-state index contributed by atoms with van der Waals surface area (Å²) in [6.07, 6.45) is 3.41. The Bertz CT molecular complexity index is 550. The third-order valence-corrected chi connectivity index (χ3v) is 2.71. The van der Waals surface area contributed by atoms with Crippen LogP contribution >= 0.6 is 11.6 Å². The number of nitrogens with one attached hydrogen (secondary N) is 1. The van der Waals surface area contributed by atoms with E-state index in [1.165, 1.54) is 0 Å². The summed E-state index contributed by atoms with van der Waals surface area (Å²) in [5.41, 5.74) is 2.01. The van der Waals surface area contributed by atoms with Crippen molar-refractivity contribution in [1.82, 2.24) is 4.98 Å². The third-order valence-electron chi connectivity index (χ3n) is 2.41. The standard InChI is InChI=1S/C13H11ClF2N2/c1-8-2-9(6-17-5-8)7-18-13-11(14)3-10(15)4-12(13)16/h2-6,18H,7H2,1H3. The fourth-order valence-corrected chi connectivity index (χ4v) is 1.88. The van der Waals surface area contributed by atoms with Crippen LogP contribution in [0.2, 0.25) is 5.02 Å². The van der Waals surface area contributed by atoms with Crippen LogP contribution in [0.3, 0.4) is 0 Å². The van der Waals surface area contributed by atoms with Gasteiger partial charge in [0.15, 0.2) is 5.82 Å². The Kier molecular flexibility index (Phi) is 3.77. The molecule has 1 heterocycles. The SMILES string of the molecule is Cc1cncc(CNc2c(F)cc(F)cc2Cl)c1. The molecule has 0 aliphatic heterocycles. The van der Waals surface area contributed by atoms with Crippen LogP contribution in [0.25, 0.3) is 0 Å². The van der Waals surface area contributed by atoms with E-state index in [0.29, 0.717) is 6.54 Å². The summed E-state index contributed by atoms with van der Waals surface area (Å²) in [5, 5.41) is 2.86. The van der Waals surface area contributed by atoms with Crippen molar-refractivity contribution in [2.75, 3.05) is 5.32 Å². The highest BCUT2D eigenvalue weighted by Crippen LogP contribution is 2.26. The minimum Gasteiger partial charge on any atom is -0.377 e. The minimum atomic E-state index is -0.708. The van der Waals surface area contributed by atoms with Crippen molar-refractivity contribution >= 4 is 17.3 Å². The Labute approximate surface area is 109 Å². The number of pyridine rings is 1. The van der Waals surface area contributed by atoms with Crippen LogP contribution in [0.4, 0.5) is 14.5 Å². The number of aromatic nitrogens is 1. The topological polar surface area (TPSA) is 24.9 Å². The molecule has 0 saturated carbocycles. The van der Waals surface area contributed by atoms with Crippen LogP contribution in [-0.4, -0.2) is 4.98 Å². The fourth-order valence-electron chi connectivity index (χ4n) is 1.62. The van der Waals surface area contributed by atoms with Gasteiger partial charge in [-0.15, -0.1) is 0 Å². The first-order chi connectivity index (χ1) is 8.56. The van der Waals surface area contributed by atoms with Crippen LogP contribution in [0, 0.1) is 18.6 Å². The molecule has 94 valence electrons. The minimum absolute atomic E-state index is 0.0214. The first-order valence-electron chi connectivity index (χ1n) is 5.35. The highest BCUT2D eigenvalue weighted by molar-refractivity contribution is 6.33. The van der Waals surface area contributed by atoms with Gasteiger partial charge in [-0.05, 0) is 24.1 Å². The fraction of sp³-hybridized carbons (Fsp3) is 0.154. The maximum absolute atomic E-state index is 13.5. The summed E-state index contributed by atoms with van der Waals surface area (Å²) >= 11 is 5.77. The zero-order valence-corrected chi connectivity index (χ0v) is 10.4. The number of nitrogens with zero attached hydrogens (tertiary/aromatic N) is 1. The molecule has 1 aromatic heterocycles. The maximum atomic E-state index is 13.5. The molecule has 0 radical (unpaired) electrons. The van der Waals surface area contributed by atoms with Crippen molar-refractivity contribution in [3.63, 3.8) is 0 Å². The van der Waals surface area contributed by atoms with E-state index in [-0.39, 0.29) is 10.7 Å². The molecule has 2 rings (SSSR count). The number of anilines is 1. The molecule has 0 spiro atoms. The highest BCUT2D eigenvalue weighted by Gasteiger charge is 2.09. The van der Waals surface area contributed by atoms with Gasteiger partial charge >= 0.3 is 0 Å². The summed E-state index contributed by atoms with van der Waals surface area (Å²) in [5.74, 6) is -1.40. The van der Waals surface area contributed by atoms with Gasteiger partial charge in [0.05, 0.1) is 10.7 Å². The second-order valence-electron chi connectivity index (χ2n) is 3.97. The maximum Gasteiger partial charge on any atom is 0.150 e. The number of hydrogen-bond donors (Lipinski definition) is 1. The second kappa shape index (κ2) is 5.31. The average Bonchev–Trinajstić information content (AvgIpc) is 2.27. The van der Waals surface area contributed by atoms with E-state index in [1.807, 2.05) is 13.0 Å². The molecule has 1 aromatic carbocycles. The number of rotatable bonds is 3. The van der Waals surface area contributed by atoms with Gasteiger partial charge in [0.1, 0.15) is 5.82 Å². The van der Waals surface area contributed by atoms with Crippen molar-refractivity contribution in [1.29, 1.82) is 0 Å². The van der Waals surface area contributed by atoms with E-state index in [4.69, 9.17) is 11.6 Å². The monoisotopic (exact) mass is 268 g/mol. The summed E-state index contributed by atoms with van der Waals surface area (Å²) in [6, 6.07) is 3.79. The lowest BCUT2D eigenvalue weighted by Crippen LogP contribution is -2.03. The van der Waals surface area contributed by atoms with Gasteiger partial charge in [-0.25, -0.2) is 8.78 Å². The van der Waals surface area contributed by atoms with Gasteiger partial charge in [0.25, 0.3) is 0 Å². The van der Waals surface area contributed by atoms with Crippen molar-refractivity contribution in [3.05, 3.63) is 58.4 Å². The van der Waals surface area contributed by atoms with Gasteiger partial charge in [0, 0.05) is 25.0 Å². The zero-order valence-electron chi connectivity index (χ0n) is 9.67. The number of hydrogen-bond acceptors (Lipinski definition) is 2. The average molecular weight is 269 g/mol. The molecule has 1 N–H and O–H groups in total. The second-order valence-corrected chi connectivity index (χ2v) is 4.38. The van der Waals surface area contributed by atoms with Gasteiger partial charge in [0.2, 0.25) is 0 Å². The quantitative estimate of drug-likeness (QED) is 0.912. The van der Waals surface area contributed by atoms with Crippen LogP contribution in [-0.2, 0) is 6.54 Å². The van der Waals surface area contributed by atoms with Crippen LogP contribution in [0.15, 0.2) is 30.6 Å². The predicted octanol–water partition coefficient (Wildman–Crippen LogP) is 3.93. The Morgan fingerprint density at radius 3 is 2.67 bits per heavy atom. The van der Waals surface area contributed by atoms with Crippen LogP contribution in [0.5, 0.6) is 0 Å². The summed E-state index contributed by atoms with van der Waals surface area (Å²) < 4.78 is 26.4. The molecule has 0 fully saturated rings. The molecule has 0 aliphatic rings. The number of aryl methyl sites for hydroxylation is 1. The van der Waals surface area contributed by atoms with E-state index in [0.717, 1.165) is 23.3 Å². The first-order valence-corrected chi connectivity index (χ1v) is 5.73. The zero-order chi connectivity index (χ0) is 13.1. The van der Waals surface area contributed by atoms with Crippen molar-refractivity contribution in [2.45, 2.75) is 13.5 Å². The van der Waals surface area contributed by atoms with Gasteiger partial charge in [-0.3, -0.25) is 4.98 Å². The molecule has 2 aromatic rings. The normalized spacial score (nSPS) is 10.4. The molecule has 0 saturated heterocycles. The lowest BCUT2D eigenvalue weighted by molar-refractivity contribution is 0.585. The molecule has 0 aliphatic carbocycles. The highest BCUT2D eigenvalue weighted by atomic mass is 35.5. The number of halogens is 3. The van der Waals surface area contributed by atoms with E-state index < -0.39 is 11.6 Å². The lowest BCUT2D eigenvalue weighted by Gasteiger charge is -2.10. The van der Waals surface area contributed by atoms with E-state index in [1.54, 1.807) is 12.4 Å². The Morgan fingerprint density at radius 2 is 2.00 bits per heavy atom. The number of benzene rings is 1. The Morgan fingerprint density at radius 1 is 1.22 bits per heavy atom. The molecular weight excluding hydrogens is 258 g/mol. The van der Waals surface area contributed by atoms with Gasteiger partial charge in [-0.1, -0.05) is 17.7 Å². The predicted molar refractivity (Wildman–Crippen MR) is 67.7 cm³/mol. The molecule has 2 nitrogen and oxygen atoms in total. The molecular formula is C13H11ClF2N2. The molecule has 0 bridgehead atoms.